The van der Waals surface area contributed by atoms with Crippen LogP contribution in [0.3, 0.4) is 0 Å². The third kappa shape index (κ3) is 3.53. The van der Waals surface area contributed by atoms with Gasteiger partial charge in [-0.25, -0.2) is 8.78 Å². The highest BCUT2D eigenvalue weighted by Crippen LogP contribution is 2.24. The number of benzene rings is 1. The van der Waals surface area contributed by atoms with Crippen molar-refractivity contribution in [1.82, 2.24) is 20.0 Å². The summed E-state index contributed by atoms with van der Waals surface area (Å²) in [4.78, 5) is 0. The van der Waals surface area contributed by atoms with E-state index in [2.05, 4.69) is 20.6 Å². The zero-order chi connectivity index (χ0) is 16.4. The van der Waals surface area contributed by atoms with E-state index in [4.69, 9.17) is 0 Å². The second kappa shape index (κ2) is 6.41. The summed E-state index contributed by atoms with van der Waals surface area (Å²) in [6, 6.07) is 5.85. The smallest absolute Gasteiger partial charge is 0.211 e. The average molecular weight is 335 g/mol. The Morgan fingerprint density at radius 2 is 2.04 bits per heavy atom. The van der Waals surface area contributed by atoms with Gasteiger partial charge in [-0.2, -0.15) is 5.10 Å². The van der Waals surface area contributed by atoms with E-state index >= 15 is 0 Å². The summed E-state index contributed by atoms with van der Waals surface area (Å²) < 4.78 is 28.4. The van der Waals surface area contributed by atoms with E-state index in [0.717, 1.165) is 11.1 Å². The van der Waals surface area contributed by atoms with Crippen LogP contribution in [0.5, 0.6) is 0 Å². The quantitative estimate of drug-likeness (QED) is 0.767. The standard InChI is InChI=1S/C15H15F2N5S/c1-9(2)14-19-20-15(23-14)18-12-6-7-22(21-12)8-10-4-3-5-11(16)13(10)17/h3-7,9H,8H2,1-2H3,(H,18,20,21). The van der Waals surface area contributed by atoms with Crippen molar-refractivity contribution >= 4 is 22.3 Å². The van der Waals surface area contributed by atoms with E-state index in [1.807, 2.05) is 13.8 Å². The molecule has 1 N–H and O–H groups in total. The molecule has 0 spiro atoms. The van der Waals surface area contributed by atoms with Crippen LogP contribution in [-0.4, -0.2) is 20.0 Å². The van der Waals surface area contributed by atoms with Crippen LogP contribution in [0, 0.1) is 11.6 Å². The summed E-state index contributed by atoms with van der Waals surface area (Å²) in [7, 11) is 0. The summed E-state index contributed by atoms with van der Waals surface area (Å²) in [5.41, 5.74) is 0.248. The fraction of sp³-hybridized carbons (Fsp3) is 0.267. The number of nitrogens with one attached hydrogen (secondary N) is 1. The minimum absolute atomic E-state index is 0.151. The lowest BCUT2D eigenvalue weighted by Crippen LogP contribution is -2.04. The van der Waals surface area contributed by atoms with E-state index in [9.17, 15) is 8.78 Å². The fourth-order valence-electron chi connectivity index (χ4n) is 1.99. The molecule has 0 aliphatic heterocycles. The van der Waals surface area contributed by atoms with E-state index in [1.54, 1.807) is 12.3 Å². The van der Waals surface area contributed by atoms with Crippen LogP contribution < -0.4 is 5.32 Å². The van der Waals surface area contributed by atoms with Gasteiger partial charge in [0.15, 0.2) is 17.5 Å². The van der Waals surface area contributed by atoms with Crippen LogP contribution in [0.25, 0.3) is 0 Å². The molecule has 23 heavy (non-hydrogen) atoms. The first kappa shape index (κ1) is 15.5. The van der Waals surface area contributed by atoms with Gasteiger partial charge in [0.05, 0.1) is 6.54 Å². The third-order valence-electron chi connectivity index (χ3n) is 3.17. The highest BCUT2D eigenvalue weighted by Gasteiger charge is 2.11. The summed E-state index contributed by atoms with van der Waals surface area (Å²) in [6.07, 6.45) is 1.69. The van der Waals surface area contributed by atoms with Crippen molar-refractivity contribution in [3.63, 3.8) is 0 Å². The first-order chi connectivity index (χ1) is 11.0. The highest BCUT2D eigenvalue weighted by molar-refractivity contribution is 7.15. The SMILES string of the molecule is CC(C)c1nnc(Nc2ccn(Cc3cccc(F)c3F)n2)s1. The highest BCUT2D eigenvalue weighted by atomic mass is 32.1. The normalized spacial score (nSPS) is 11.2. The van der Waals surface area contributed by atoms with Crippen molar-refractivity contribution in [2.75, 3.05) is 5.32 Å². The molecule has 0 fully saturated rings. The van der Waals surface area contributed by atoms with Gasteiger partial charge in [-0.05, 0) is 6.07 Å². The predicted molar refractivity (Wildman–Crippen MR) is 85.0 cm³/mol. The molecular weight excluding hydrogens is 320 g/mol. The van der Waals surface area contributed by atoms with Crippen LogP contribution in [0.1, 0.15) is 30.3 Å². The van der Waals surface area contributed by atoms with Gasteiger partial charge in [-0.1, -0.05) is 37.3 Å². The van der Waals surface area contributed by atoms with Gasteiger partial charge in [-0.3, -0.25) is 4.68 Å². The van der Waals surface area contributed by atoms with Crippen LogP contribution in [0.2, 0.25) is 0 Å². The number of halogens is 2. The summed E-state index contributed by atoms with van der Waals surface area (Å²) in [5.74, 6) is -0.809. The molecule has 3 rings (SSSR count). The number of anilines is 2. The largest absolute Gasteiger partial charge is 0.313 e. The van der Waals surface area contributed by atoms with Crippen molar-refractivity contribution in [3.05, 3.63) is 52.7 Å². The minimum Gasteiger partial charge on any atom is -0.313 e. The molecule has 5 nitrogen and oxygen atoms in total. The first-order valence-electron chi connectivity index (χ1n) is 7.09. The van der Waals surface area contributed by atoms with Gasteiger partial charge in [0.1, 0.15) is 5.01 Å². The van der Waals surface area contributed by atoms with Crippen molar-refractivity contribution in [2.45, 2.75) is 26.3 Å². The molecule has 120 valence electrons. The van der Waals surface area contributed by atoms with Gasteiger partial charge in [0.2, 0.25) is 5.13 Å². The summed E-state index contributed by atoms with van der Waals surface area (Å²) >= 11 is 1.46. The maximum Gasteiger partial charge on any atom is 0.211 e. The Labute approximate surface area is 136 Å². The number of hydrogen-bond acceptors (Lipinski definition) is 5. The third-order valence-corrected chi connectivity index (χ3v) is 4.31. The molecule has 0 amide bonds. The number of aromatic nitrogens is 4. The fourth-order valence-corrected chi connectivity index (χ4v) is 2.74. The monoisotopic (exact) mass is 335 g/mol. The van der Waals surface area contributed by atoms with E-state index in [0.29, 0.717) is 16.9 Å². The van der Waals surface area contributed by atoms with Gasteiger partial charge < -0.3 is 5.32 Å². The topological polar surface area (TPSA) is 55.6 Å². The average Bonchev–Trinajstić information content (AvgIpc) is 3.14. The van der Waals surface area contributed by atoms with E-state index < -0.39 is 11.6 Å². The Bertz CT molecular complexity index is 812. The molecule has 0 aliphatic carbocycles. The molecule has 0 aliphatic rings. The lowest BCUT2D eigenvalue weighted by atomic mass is 10.2. The Hall–Kier alpha value is -2.35. The van der Waals surface area contributed by atoms with Crippen molar-refractivity contribution in [3.8, 4) is 0 Å². The molecule has 2 heterocycles. The second-order valence-corrected chi connectivity index (χ2v) is 6.35. The molecule has 1 aromatic carbocycles. The van der Waals surface area contributed by atoms with Crippen LogP contribution in [0.15, 0.2) is 30.5 Å². The minimum atomic E-state index is -0.858. The van der Waals surface area contributed by atoms with E-state index in [1.165, 1.54) is 28.2 Å². The summed E-state index contributed by atoms with van der Waals surface area (Å²) in [6.45, 7) is 4.25. The molecule has 0 saturated heterocycles. The predicted octanol–water partition coefficient (Wildman–Crippen LogP) is 3.93. The number of rotatable bonds is 5. The Morgan fingerprint density at radius 1 is 1.22 bits per heavy atom. The van der Waals surface area contributed by atoms with Crippen LogP contribution in [0.4, 0.5) is 19.7 Å². The zero-order valence-electron chi connectivity index (χ0n) is 12.6. The Balaban J connectivity index is 1.71. The molecule has 0 saturated carbocycles. The van der Waals surface area contributed by atoms with Crippen molar-refractivity contribution < 1.29 is 8.78 Å². The molecule has 8 heteroatoms. The van der Waals surface area contributed by atoms with Gasteiger partial charge in [-0.15, -0.1) is 10.2 Å². The Morgan fingerprint density at radius 3 is 2.78 bits per heavy atom. The first-order valence-corrected chi connectivity index (χ1v) is 7.91. The molecule has 2 aromatic heterocycles. The lowest BCUT2D eigenvalue weighted by Gasteiger charge is -2.04. The molecule has 3 aromatic rings. The molecular formula is C15H15F2N5S. The van der Waals surface area contributed by atoms with Gasteiger partial charge in [0.25, 0.3) is 0 Å². The van der Waals surface area contributed by atoms with Crippen molar-refractivity contribution in [1.29, 1.82) is 0 Å². The maximum absolute atomic E-state index is 13.7. The van der Waals surface area contributed by atoms with Crippen molar-refractivity contribution in [2.24, 2.45) is 0 Å². The number of hydrogen-bond donors (Lipinski definition) is 1. The number of nitrogens with zero attached hydrogens (tertiary/aromatic N) is 4. The molecule has 0 unspecified atom stereocenters. The van der Waals surface area contributed by atoms with Gasteiger partial charge >= 0.3 is 0 Å². The molecule has 0 radical (unpaired) electrons. The van der Waals surface area contributed by atoms with Gasteiger partial charge in [0, 0.05) is 23.7 Å². The Kier molecular flexibility index (Phi) is 4.33. The molecule has 0 bridgehead atoms. The molecule has 0 atom stereocenters. The maximum atomic E-state index is 13.7. The lowest BCUT2D eigenvalue weighted by molar-refractivity contribution is 0.492. The van der Waals surface area contributed by atoms with E-state index in [-0.39, 0.29) is 12.1 Å². The summed E-state index contributed by atoms with van der Waals surface area (Å²) in [5, 5.41) is 17.1. The van der Waals surface area contributed by atoms with Crippen LogP contribution >= 0.6 is 11.3 Å². The van der Waals surface area contributed by atoms with Crippen LogP contribution in [-0.2, 0) is 6.54 Å². The second-order valence-electron chi connectivity index (χ2n) is 5.34. The zero-order valence-corrected chi connectivity index (χ0v) is 13.4.